The Kier molecular flexibility index (Phi) is 4.91. The number of rotatable bonds is 3. The van der Waals surface area contributed by atoms with Crippen LogP contribution in [0.5, 0.6) is 5.75 Å². The number of nitrogens with one attached hydrogen (secondary N) is 1. The first-order valence-corrected chi connectivity index (χ1v) is 8.80. The second-order valence-corrected chi connectivity index (χ2v) is 6.95. The van der Waals surface area contributed by atoms with Crippen LogP contribution in [0.15, 0.2) is 42.5 Å². The molecule has 132 valence electrons. The second kappa shape index (κ2) is 6.96. The fourth-order valence-corrected chi connectivity index (χ4v) is 3.77. The van der Waals surface area contributed by atoms with Crippen LogP contribution in [0.2, 0.25) is 5.02 Å². The molecule has 0 radical (unpaired) electrons. The van der Waals surface area contributed by atoms with Crippen LogP contribution in [-0.2, 0) is 4.79 Å². The lowest BCUT2D eigenvalue weighted by Crippen LogP contribution is -2.48. The number of anilines is 2. The first-order valence-electron chi connectivity index (χ1n) is 8.42. The molecule has 5 heteroatoms. The maximum Gasteiger partial charge on any atom is 0.224 e. The molecule has 1 aliphatic rings. The van der Waals surface area contributed by atoms with Gasteiger partial charge in [0.1, 0.15) is 5.75 Å². The lowest BCUT2D eigenvalue weighted by Gasteiger charge is -2.44. The van der Waals surface area contributed by atoms with Crippen molar-refractivity contribution in [3.63, 3.8) is 0 Å². The number of benzene rings is 2. The molecule has 0 bridgehead atoms. The molecule has 25 heavy (non-hydrogen) atoms. The van der Waals surface area contributed by atoms with Crippen molar-refractivity contribution in [3.8, 4) is 5.75 Å². The molecule has 1 amide bonds. The lowest BCUT2D eigenvalue weighted by molar-refractivity contribution is -0.117. The van der Waals surface area contributed by atoms with E-state index in [1.165, 1.54) is 0 Å². The average Bonchev–Trinajstić information content (AvgIpc) is 2.59. The smallest absolute Gasteiger partial charge is 0.224 e. The molecule has 0 fully saturated rings. The van der Waals surface area contributed by atoms with Crippen molar-refractivity contribution < 1.29 is 9.53 Å². The van der Waals surface area contributed by atoms with Crippen molar-refractivity contribution in [1.29, 1.82) is 0 Å². The zero-order valence-corrected chi connectivity index (χ0v) is 15.7. The minimum atomic E-state index is 0.0642. The highest BCUT2D eigenvalue weighted by Crippen LogP contribution is 2.43. The van der Waals surface area contributed by atoms with Crippen LogP contribution in [0.1, 0.15) is 32.4 Å². The van der Waals surface area contributed by atoms with Gasteiger partial charge in [0.05, 0.1) is 18.8 Å². The molecule has 0 aromatic heterocycles. The Morgan fingerprint density at radius 3 is 2.60 bits per heavy atom. The third-order valence-electron chi connectivity index (χ3n) is 5.04. The molecule has 1 N–H and O–H groups in total. The van der Waals surface area contributed by atoms with Crippen molar-refractivity contribution in [2.75, 3.05) is 17.3 Å². The molecule has 0 saturated heterocycles. The Labute approximate surface area is 153 Å². The summed E-state index contributed by atoms with van der Waals surface area (Å²) in [5, 5.41) is 4.24. The van der Waals surface area contributed by atoms with Crippen molar-refractivity contribution in [3.05, 3.63) is 53.1 Å². The molecule has 0 spiro atoms. The van der Waals surface area contributed by atoms with Gasteiger partial charge < -0.3 is 15.0 Å². The van der Waals surface area contributed by atoms with Crippen molar-refractivity contribution in [1.82, 2.24) is 0 Å². The maximum absolute atomic E-state index is 12.2. The summed E-state index contributed by atoms with van der Waals surface area (Å²) < 4.78 is 5.47. The number of carbonyl (C=O) groups is 1. The molecule has 2 aromatic rings. The number of halogens is 1. The summed E-state index contributed by atoms with van der Waals surface area (Å²) in [7, 11) is 1.63. The topological polar surface area (TPSA) is 41.6 Å². The first kappa shape index (κ1) is 17.6. The van der Waals surface area contributed by atoms with Gasteiger partial charge in [-0.05, 0) is 30.7 Å². The largest absolute Gasteiger partial charge is 0.495 e. The van der Waals surface area contributed by atoms with Gasteiger partial charge in [0.25, 0.3) is 0 Å². The zero-order valence-electron chi connectivity index (χ0n) is 14.9. The van der Waals surface area contributed by atoms with E-state index < -0.39 is 0 Å². The van der Waals surface area contributed by atoms with Crippen LogP contribution in [0.3, 0.4) is 0 Å². The second-order valence-electron chi connectivity index (χ2n) is 6.51. The van der Waals surface area contributed by atoms with Gasteiger partial charge in [-0.2, -0.15) is 0 Å². The summed E-state index contributed by atoms with van der Waals surface area (Å²) in [5.41, 5.74) is 2.97. The quantitative estimate of drug-likeness (QED) is 0.849. The summed E-state index contributed by atoms with van der Waals surface area (Å²) >= 11 is 6.07. The Morgan fingerprint density at radius 2 is 1.92 bits per heavy atom. The molecule has 3 rings (SSSR count). The van der Waals surface area contributed by atoms with Gasteiger partial charge in [0.2, 0.25) is 5.91 Å². The first-order chi connectivity index (χ1) is 11.9. The van der Waals surface area contributed by atoms with Crippen LogP contribution >= 0.6 is 11.6 Å². The molecular formula is C20H23ClN2O2. The fraction of sp³-hybridized carbons (Fsp3) is 0.350. The number of nitrogens with zero attached hydrogens (tertiary/aromatic N) is 1. The number of carbonyl (C=O) groups excluding carboxylic acids is 1. The van der Waals surface area contributed by atoms with Gasteiger partial charge in [0.15, 0.2) is 0 Å². The van der Waals surface area contributed by atoms with E-state index in [1.54, 1.807) is 20.1 Å². The predicted molar refractivity (Wildman–Crippen MR) is 103 cm³/mol. The number of amides is 1. The normalized spacial score (nSPS) is 22.3. The Hall–Kier alpha value is -2.20. The van der Waals surface area contributed by atoms with Gasteiger partial charge in [-0.25, -0.2) is 0 Å². The summed E-state index contributed by atoms with van der Waals surface area (Å²) in [6, 6.07) is 13.8. The number of fused-ring (bicyclic) bond motifs is 1. The van der Waals surface area contributed by atoms with E-state index in [1.807, 2.05) is 35.2 Å². The maximum atomic E-state index is 12.2. The van der Waals surface area contributed by atoms with Crippen molar-refractivity contribution in [2.24, 2.45) is 5.92 Å². The zero-order chi connectivity index (χ0) is 18.1. The number of methoxy groups -OCH3 is 1. The van der Waals surface area contributed by atoms with Crippen LogP contribution in [0.4, 0.5) is 11.4 Å². The molecule has 3 atom stereocenters. The van der Waals surface area contributed by atoms with Crippen LogP contribution in [0, 0.1) is 5.92 Å². The number of hydrogen-bond acceptors (Lipinski definition) is 3. The average molecular weight is 359 g/mol. The van der Waals surface area contributed by atoms with E-state index in [0.717, 1.165) is 16.9 Å². The van der Waals surface area contributed by atoms with E-state index in [0.29, 0.717) is 10.8 Å². The minimum absolute atomic E-state index is 0.0642. The van der Waals surface area contributed by atoms with E-state index in [4.69, 9.17) is 16.3 Å². The van der Waals surface area contributed by atoms with Gasteiger partial charge >= 0.3 is 0 Å². The Balaban J connectivity index is 2.04. The van der Waals surface area contributed by atoms with Gasteiger partial charge in [0, 0.05) is 35.7 Å². The molecule has 0 saturated carbocycles. The van der Waals surface area contributed by atoms with E-state index in [-0.39, 0.29) is 23.9 Å². The summed E-state index contributed by atoms with van der Waals surface area (Å²) in [6.45, 7) is 5.88. The van der Waals surface area contributed by atoms with E-state index in [2.05, 4.69) is 25.2 Å². The van der Waals surface area contributed by atoms with Crippen LogP contribution in [-0.4, -0.2) is 19.1 Å². The van der Waals surface area contributed by atoms with Crippen molar-refractivity contribution >= 4 is 28.9 Å². The molecule has 2 aromatic carbocycles. The molecule has 4 nitrogen and oxygen atoms in total. The standard InChI is InChI=1S/C20H23ClN2O2/c1-12-13(2)23(14(3)24)18-8-6-5-7-16(18)20(12)22-17-10-9-15(21)11-19(17)25-4/h5-13,20,22H,1-4H3/t12-,13-,20+/m0/s1. The monoisotopic (exact) mass is 358 g/mol. The third kappa shape index (κ3) is 3.19. The molecule has 0 aliphatic carbocycles. The SMILES string of the molecule is COc1cc(Cl)ccc1N[C@H]1c2ccccc2N(C(C)=O)[C@@H](C)[C@@H]1C. The summed E-state index contributed by atoms with van der Waals surface area (Å²) in [6.07, 6.45) is 0. The number of ether oxygens (including phenoxy) is 1. The fourth-order valence-electron chi connectivity index (χ4n) is 3.60. The summed E-state index contributed by atoms with van der Waals surface area (Å²) in [4.78, 5) is 14.1. The minimum Gasteiger partial charge on any atom is -0.495 e. The number of hydrogen-bond donors (Lipinski definition) is 1. The predicted octanol–water partition coefficient (Wildman–Crippen LogP) is 4.89. The van der Waals surface area contributed by atoms with Crippen LogP contribution in [0.25, 0.3) is 0 Å². The van der Waals surface area contributed by atoms with Gasteiger partial charge in [-0.15, -0.1) is 0 Å². The van der Waals surface area contributed by atoms with Crippen molar-refractivity contribution in [2.45, 2.75) is 32.9 Å². The molecule has 0 unspecified atom stereocenters. The Morgan fingerprint density at radius 1 is 1.20 bits per heavy atom. The van der Waals surface area contributed by atoms with E-state index in [9.17, 15) is 4.79 Å². The third-order valence-corrected chi connectivity index (χ3v) is 5.27. The molecule has 1 aliphatic heterocycles. The highest BCUT2D eigenvalue weighted by molar-refractivity contribution is 6.30. The van der Waals surface area contributed by atoms with Gasteiger partial charge in [-0.1, -0.05) is 36.7 Å². The molecular weight excluding hydrogens is 336 g/mol. The Bertz CT molecular complexity index is 793. The number of para-hydroxylation sites is 1. The highest BCUT2D eigenvalue weighted by atomic mass is 35.5. The molecule has 1 heterocycles. The van der Waals surface area contributed by atoms with E-state index >= 15 is 0 Å². The van der Waals surface area contributed by atoms with Gasteiger partial charge in [-0.3, -0.25) is 4.79 Å². The summed E-state index contributed by atoms with van der Waals surface area (Å²) in [5.74, 6) is 0.993. The van der Waals surface area contributed by atoms with Crippen LogP contribution < -0.4 is 15.0 Å². The highest BCUT2D eigenvalue weighted by Gasteiger charge is 2.38. The lowest BCUT2D eigenvalue weighted by atomic mass is 9.82.